The Labute approximate surface area is 153 Å². The number of halogens is 2. The zero-order valence-corrected chi connectivity index (χ0v) is 15.0. The van der Waals surface area contributed by atoms with Gasteiger partial charge < -0.3 is 9.47 Å². The van der Waals surface area contributed by atoms with Gasteiger partial charge in [0.1, 0.15) is 29.8 Å². The van der Waals surface area contributed by atoms with E-state index in [4.69, 9.17) is 14.7 Å². The molecule has 0 aliphatic carbocycles. The molecule has 25 heavy (non-hydrogen) atoms. The van der Waals surface area contributed by atoms with Gasteiger partial charge in [0.15, 0.2) is 0 Å². The number of benzene rings is 2. The molecule has 2 rings (SSSR count). The third-order valence-corrected chi connectivity index (χ3v) is 3.72. The summed E-state index contributed by atoms with van der Waals surface area (Å²) in [5.74, 6) is -0.644. The smallest absolute Gasteiger partial charge is 0.348 e. The van der Waals surface area contributed by atoms with Crippen LogP contribution in [0.3, 0.4) is 0 Å². The van der Waals surface area contributed by atoms with Gasteiger partial charge >= 0.3 is 5.97 Å². The van der Waals surface area contributed by atoms with Gasteiger partial charge in [0, 0.05) is 15.6 Å². The predicted molar refractivity (Wildman–Crippen MR) is 95.1 cm³/mol. The van der Waals surface area contributed by atoms with E-state index in [1.165, 1.54) is 12.1 Å². The monoisotopic (exact) mass is 403 g/mol. The molecule has 0 bridgehead atoms. The zero-order valence-electron chi connectivity index (χ0n) is 13.5. The van der Waals surface area contributed by atoms with Crippen molar-refractivity contribution in [2.24, 2.45) is 0 Å². The molecular formula is C19H15BrFNO3. The van der Waals surface area contributed by atoms with Crippen LogP contribution >= 0.6 is 15.9 Å². The van der Waals surface area contributed by atoms with Crippen LogP contribution in [-0.2, 0) is 16.1 Å². The van der Waals surface area contributed by atoms with E-state index in [2.05, 4.69) is 15.9 Å². The highest BCUT2D eigenvalue weighted by Gasteiger charge is 2.12. The fourth-order valence-corrected chi connectivity index (χ4v) is 2.41. The van der Waals surface area contributed by atoms with Crippen LogP contribution in [0.15, 0.2) is 52.5 Å². The van der Waals surface area contributed by atoms with Gasteiger partial charge in [0.05, 0.1) is 6.61 Å². The third kappa shape index (κ3) is 5.16. The first-order valence-electron chi connectivity index (χ1n) is 7.49. The van der Waals surface area contributed by atoms with Crippen molar-refractivity contribution in [2.75, 3.05) is 6.61 Å². The minimum atomic E-state index is -0.704. The molecule has 0 saturated carbocycles. The van der Waals surface area contributed by atoms with Gasteiger partial charge in [-0.05, 0) is 37.3 Å². The maximum absolute atomic E-state index is 13.7. The number of carbonyl (C=O) groups excluding carboxylic acids is 1. The number of ether oxygens (including phenoxy) is 2. The quantitative estimate of drug-likeness (QED) is 0.400. The molecule has 0 N–H and O–H groups in total. The van der Waals surface area contributed by atoms with Gasteiger partial charge in [-0.3, -0.25) is 0 Å². The summed E-state index contributed by atoms with van der Waals surface area (Å²) in [6.07, 6.45) is 1.39. The predicted octanol–water partition coefficient (Wildman–Crippen LogP) is 4.64. The van der Waals surface area contributed by atoms with Crippen LogP contribution in [0.5, 0.6) is 5.75 Å². The number of esters is 1. The van der Waals surface area contributed by atoms with E-state index in [0.29, 0.717) is 16.9 Å². The van der Waals surface area contributed by atoms with E-state index in [1.807, 2.05) is 6.07 Å². The van der Waals surface area contributed by atoms with Crippen LogP contribution in [0.25, 0.3) is 6.08 Å². The Kier molecular flexibility index (Phi) is 6.72. The lowest BCUT2D eigenvalue weighted by Crippen LogP contribution is -2.06. The van der Waals surface area contributed by atoms with Crippen LogP contribution in [0.2, 0.25) is 0 Å². The average molecular weight is 404 g/mol. The van der Waals surface area contributed by atoms with Crippen LogP contribution < -0.4 is 4.74 Å². The van der Waals surface area contributed by atoms with Gasteiger partial charge in [-0.15, -0.1) is 0 Å². The maximum Gasteiger partial charge on any atom is 0.348 e. The van der Waals surface area contributed by atoms with Gasteiger partial charge in [0.25, 0.3) is 0 Å². The summed E-state index contributed by atoms with van der Waals surface area (Å²) in [4.78, 5) is 11.8. The van der Waals surface area contributed by atoms with Crippen LogP contribution in [0.4, 0.5) is 4.39 Å². The van der Waals surface area contributed by atoms with E-state index in [0.717, 1.165) is 4.47 Å². The minimum Gasteiger partial charge on any atom is -0.488 e. The number of hydrogen-bond acceptors (Lipinski definition) is 4. The third-order valence-electron chi connectivity index (χ3n) is 3.23. The topological polar surface area (TPSA) is 59.3 Å². The van der Waals surface area contributed by atoms with Crippen molar-refractivity contribution in [3.8, 4) is 11.8 Å². The summed E-state index contributed by atoms with van der Waals surface area (Å²) in [7, 11) is 0. The molecule has 2 aromatic carbocycles. The molecule has 6 heteroatoms. The summed E-state index contributed by atoms with van der Waals surface area (Å²) in [5, 5.41) is 9.17. The van der Waals surface area contributed by atoms with Crippen molar-refractivity contribution in [2.45, 2.75) is 13.5 Å². The molecular weight excluding hydrogens is 389 g/mol. The lowest BCUT2D eigenvalue weighted by Gasteiger charge is -2.11. The highest BCUT2D eigenvalue weighted by molar-refractivity contribution is 9.10. The summed E-state index contributed by atoms with van der Waals surface area (Å²) in [5.41, 5.74) is 0.775. The van der Waals surface area contributed by atoms with Crippen molar-refractivity contribution in [1.82, 2.24) is 0 Å². The maximum atomic E-state index is 13.7. The van der Waals surface area contributed by atoms with E-state index in [9.17, 15) is 9.18 Å². The van der Waals surface area contributed by atoms with E-state index in [1.54, 1.807) is 43.3 Å². The van der Waals surface area contributed by atoms with Crippen molar-refractivity contribution in [3.05, 3.63) is 69.5 Å². The second-order valence-corrected chi connectivity index (χ2v) is 5.87. The Morgan fingerprint density at radius 2 is 2.08 bits per heavy atom. The fraction of sp³-hybridized carbons (Fsp3) is 0.158. The van der Waals surface area contributed by atoms with Crippen LogP contribution in [-0.4, -0.2) is 12.6 Å². The molecule has 0 fully saturated rings. The van der Waals surface area contributed by atoms with Crippen molar-refractivity contribution in [3.63, 3.8) is 0 Å². The summed E-state index contributed by atoms with van der Waals surface area (Å²) >= 11 is 3.34. The van der Waals surface area contributed by atoms with E-state index < -0.39 is 5.97 Å². The first-order valence-corrected chi connectivity index (χ1v) is 8.29. The first-order chi connectivity index (χ1) is 12.0. The Hall–Kier alpha value is -2.65. The minimum absolute atomic E-state index is 0.0242. The molecule has 128 valence electrons. The Balaban J connectivity index is 2.29. The van der Waals surface area contributed by atoms with Gasteiger partial charge in [-0.2, -0.15) is 5.26 Å². The lowest BCUT2D eigenvalue weighted by molar-refractivity contribution is -0.137. The Morgan fingerprint density at radius 3 is 2.76 bits per heavy atom. The lowest BCUT2D eigenvalue weighted by atomic mass is 10.1. The highest BCUT2D eigenvalue weighted by Crippen LogP contribution is 2.27. The standard InChI is InChI=1S/C19H15BrFNO3/c1-2-24-19(23)15(11-22)9-14-10-16(20)7-8-18(14)25-12-13-5-3-4-6-17(13)21/h3-10H,2,12H2,1H3. The second kappa shape index (κ2) is 9.00. The number of nitriles is 1. The Bertz CT molecular complexity index is 843. The number of nitrogens with zero attached hydrogens (tertiary/aromatic N) is 1. The summed E-state index contributed by atoms with van der Waals surface area (Å²) in [6.45, 7) is 1.86. The second-order valence-electron chi connectivity index (χ2n) is 4.95. The SMILES string of the molecule is CCOC(=O)C(C#N)=Cc1cc(Br)ccc1OCc1ccccc1F. The molecule has 4 nitrogen and oxygen atoms in total. The summed E-state index contributed by atoms with van der Waals surface area (Å²) in [6, 6.07) is 13.3. The zero-order chi connectivity index (χ0) is 18.2. The summed E-state index contributed by atoms with van der Waals surface area (Å²) < 4.78 is 25.0. The molecule has 0 aliphatic rings. The normalized spacial score (nSPS) is 10.9. The molecule has 2 aromatic rings. The van der Waals surface area contributed by atoms with E-state index in [-0.39, 0.29) is 24.6 Å². The molecule has 0 atom stereocenters. The highest BCUT2D eigenvalue weighted by atomic mass is 79.9. The van der Waals surface area contributed by atoms with Crippen molar-refractivity contribution in [1.29, 1.82) is 5.26 Å². The van der Waals surface area contributed by atoms with Crippen LogP contribution in [0, 0.1) is 17.1 Å². The molecule has 0 heterocycles. The first kappa shape index (κ1) is 18.7. The van der Waals surface area contributed by atoms with Crippen molar-refractivity contribution >= 4 is 28.0 Å². The fourth-order valence-electron chi connectivity index (χ4n) is 2.04. The molecule has 0 aliphatic heterocycles. The number of hydrogen-bond donors (Lipinski definition) is 0. The largest absolute Gasteiger partial charge is 0.488 e. The average Bonchev–Trinajstić information content (AvgIpc) is 2.60. The molecule has 0 radical (unpaired) electrons. The van der Waals surface area contributed by atoms with Gasteiger partial charge in [-0.25, -0.2) is 9.18 Å². The van der Waals surface area contributed by atoms with Crippen LogP contribution in [0.1, 0.15) is 18.1 Å². The molecule has 0 saturated heterocycles. The Morgan fingerprint density at radius 1 is 1.32 bits per heavy atom. The van der Waals surface area contributed by atoms with E-state index >= 15 is 0 Å². The molecule has 0 spiro atoms. The number of rotatable bonds is 6. The molecule has 0 aromatic heterocycles. The molecule has 0 amide bonds. The van der Waals surface area contributed by atoms with Gasteiger partial charge in [-0.1, -0.05) is 34.1 Å². The van der Waals surface area contributed by atoms with Gasteiger partial charge in [0.2, 0.25) is 0 Å². The molecule has 0 unspecified atom stereocenters. The number of carbonyl (C=O) groups is 1. The van der Waals surface area contributed by atoms with Crippen molar-refractivity contribution < 1.29 is 18.7 Å².